The van der Waals surface area contributed by atoms with E-state index in [0.717, 1.165) is 17.7 Å². The van der Waals surface area contributed by atoms with Crippen molar-refractivity contribution in [3.63, 3.8) is 0 Å². The Labute approximate surface area is 112 Å². The van der Waals surface area contributed by atoms with Crippen molar-refractivity contribution in [3.05, 3.63) is 29.8 Å². The third kappa shape index (κ3) is 3.71. The van der Waals surface area contributed by atoms with E-state index in [4.69, 9.17) is 4.74 Å². The molecule has 0 radical (unpaired) electrons. The predicted molar refractivity (Wildman–Crippen MR) is 70.9 cm³/mol. The summed E-state index contributed by atoms with van der Waals surface area (Å²) in [6.07, 6.45) is 1.10. The van der Waals surface area contributed by atoms with Gasteiger partial charge < -0.3 is 15.0 Å². The van der Waals surface area contributed by atoms with Gasteiger partial charge in [-0.05, 0) is 24.1 Å². The first-order valence-corrected chi connectivity index (χ1v) is 6.36. The highest BCUT2D eigenvalue weighted by Crippen LogP contribution is 2.14. The fourth-order valence-electron chi connectivity index (χ4n) is 2.09. The molecule has 0 unspecified atom stereocenters. The zero-order valence-electron chi connectivity index (χ0n) is 11.0. The highest BCUT2D eigenvalue weighted by Gasteiger charge is 2.19. The van der Waals surface area contributed by atoms with Crippen molar-refractivity contribution in [1.82, 2.24) is 10.2 Å². The molecule has 0 saturated carbocycles. The molecule has 1 fully saturated rings. The Morgan fingerprint density at radius 2 is 2.32 bits per heavy atom. The number of nitrogens with zero attached hydrogens (tertiary/aromatic N) is 1. The van der Waals surface area contributed by atoms with Crippen LogP contribution in [-0.2, 0) is 16.0 Å². The lowest BCUT2D eigenvalue weighted by atomic mass is 10.1. The Bertz CT molecular complexity index is 474. The summed E-state index contributed by atoms with van der Waals surface area (Å²) in [6.45, 7) is 1.42. The lowest BCUT2D eigenvalue weighted by Gasteiger charge is -2.19. The summed E-state index contributed by atoms with van der Waals surface area (Å²) in [5.74, 6) is 0.626. The summed E-state index contributed by atoms with van der Waals surface area (Å²) < 4.78 is 5.13. The van der Waals surface area contributed by atoms with Crippen molar-refractivity contribution in [1.29, 1.82) is 0 Å². The highest BCUT2D eigenvalue weighted by molar-refractivity contribution is 5.86. The van der Waals surface area contributed by atoms with Crippen LogP contribution in [-0.4, -0.2) is 43.5 Å². The first-order chi connectivity index (χ1) is 9.19. The minimum Gasteiger partial charge on any atom is -0.497 e. The lowest BCUT2D eigenvalue weighted by molar-refractivity contribution is -0.134. The van der Waals surface area contributed by atoms with Crippen molar-refractivity contribution in [2.45, 2.75) is 12.8 Å². The molecule has 102 valence electrons. The van der Waals surface area contributed by atoms with Crippen LogP contribution >= 0.6 is 0 Å². The Kier molecular flexibility index (Phi) is 4.39. The van der Waals surface area contributed by atoms with Crippen molar-refractivity contribution in [2.24, 2.45) is 0 Å². The van der Waals surface area contributed by atoms with Crippen molar-refractivity contribution >= 4 is 11.8 Å². The zero-order valence-corrected chi connectivity index (χ0v) is 11.0. The molecular weight excluding hydrogens is 244 g/mol. The van der Waals surface area contributed by atoms with Crippen LogP contribution in [0.3, 0.4) is 0 Å². The molecule has 1 aromatic carbocycles. The second kappa shape index (κ2) is 6.22. The molecule has 2 rings (SSSR count). The Hall–Kier alpha value is -2.04. The van der Waals surface area contributed by atoms with Crippen LogP contribution in [0.5, 0.6) is 5.75 Å². The minimum atomic E-state index is -0.0866. The molecule has 0 aliphatic carbocycles. The van der Waals surface area contributed by atoms with Gasteiger partial charge in [0.1, 0.15) is 5.75 Å². The van der Waals surface area contributed by atoms with E-state index in [2.05, 4.69) is 5.32 Å². The maximum Gasteiger partial charge on any atom is 0.239 e. The standard InChI is InChI=1S/C14H18N2O3/c1-19-12-5-2-4-11(8-12)9-14(18)16-7-3-6-15-13(17)10-16/h2,4-5,8H,3,6-7,9-10H2,1H3,(H,15,17). The molecule has 1 aliphatic heterocycles. The molecule has 0 bridgehead atoms. The molecule has 19 heavy (non-hydrogen) atoms. The van der Waals surface area contributed by atoms with Crippen LogP contribution < -0.4 is 10.1 Å². The van der Waals surface area contributed by atoms with Crippen molar-refractivity contribution in [3.8, 4) is 5.75 Å². The quantitative estimate of drug-likeness (QED) is 0.867. The lowest BCUT2D eigenvalue weighted by Crippen LogP contribution is -2.38. The molecule has 5 nitrogen and oxygen atoms in total. The molecular formula is C14H18N2O3. The summed E-state index contributed by atoms with van der Waals surface area (Å²) in [6, 6.07) is 7.43. The Balaban J connectivity index is 2.01. The number of nitrogens with one attached hydrogen (secondary N) is 1. The average Bonchev–Trinajstić information content (AvgIpc) is 2.63. The first kappa shape index (κ1) is 13.4. The van der Waals surface area contributed by atoms with Gasteiger partial charge in [0.25, 0.3) is 0 Å². The smallest absolute Gasteiger partial charge is 0.239 e. The molecule has 1 heterocycles. The number of hydrogen-bond donors (Lipinski definition) is 1. The monoisotopic (exact) mass is 262 g/mol. The SMILES string of the molecule is COc1cccc(CC(=O)N2CCCNC(=O)C2)c1. The second-order valence-corrected chi connectivity index (χ2v) is 4.55. The van der Waals surface area contributed by atoms with E-state index < -0.39 is 0 Å². The number of carbonyl (C=O) groups excluding carboxylic acids is 2. The molecule has 1 aromatic rings. The summed E-state index contributed by atoms with van der Waals surface area (Å²) in [7, 11) is 1.60. The summed E-state index contributed by atoms with van der Waals surface area (Å²) in [4.78, 5) is 25.2. The van der Waals surface area contributed by atoms with Gasteiger partial charge in [-0.2, -0.15) is 0 Å². The molecule has 1 saturated heterocycles. The summed E-state index contributed by atoms with van der Waals surface area (Å²) in [5, 5.41) is 2.76. The van der Waals surface area contributed by atoms with E-state index in [9.17, 15) is 9.59 Å². The number of carbonyl (C=O) groups is 2. The number of hydrogen-bond acceptors (Lipinski definition) is 3. The van der Waals surface area contributed by atoms with Crippen LogP contribution in [0.4, 0.5) is 0 Å². The predicted octanol–water partition coefficient (Wildman–Crippen LogP) is 0.586. The van der Waals surface area contributed by atoms with E-state index in [0.29, 0.717) is 19.5 Å². The maximum atomic E-state index is 12.2. The van der Waals surface area contributed by atoms with Gasteiger partial charge in [0.2, 0.25) is 11.8 Å². The van der Waals surface area contributed by atoms with Crippen LogP contribution in [0.15, 0.2) is 24.3 Å². The Morgan fingerprint density at radius 3 is 3.11 bits per heavy atom. The number of benzene rings is 1. The zero-order chi connectivity index (χ0) is 13.7. The van der Waals surface area contributed by atoms with Crippen molar-refractivity contribution < 1.29 is 14.3 Å². The first-order valence-electron chi connectivity index (χ1n) is 6.36. The van der Waals surface area contributed by atoms with Gasteiger partial charge in [0.15, 0.2) is 0 Å². The molecule has 0 atom stereocenters. The van der Waals surface area contributed by atoms with Crippen LogP contribution in [0.25, 0.3) is 0 Å². The van der Waals surface area contributed by atoms with E-state index in [1.807, 2.05) is 24.3 Å². The van der Waals surface area contributed by atoms with Crippen LogP contribution in [0.2, 0.25) is 0 Å². The molecule has 1 aliphatic rings. The number of methoxy groups -OCH3 is 1. The van der Waals surface area contributed by atoms with Gasteiger partial charge in [-0.15, -0.1) is 0 Å². The number of amides is 2. The van der Waals surface area contributed by atoms with Gasteiger partial charge in [-0.1, -0.05) is 12.1 Å². The van der Waals surface area contributed by atoms with Crippen molar-refractivity contribution in [2.75, 3.05) is 26.7 Å². The number of rotatable bonds is 3. The number of ether oxygens (including phenoxy) is 1. The minimum absolute atomic E-state index is 0.0229. The Morgan fingerprint density at radius 1 is 1.47 bits per heavy atom. The molecule has 5 heteroatoms. The van der Waals surface area contributed by atoms with E-state index in [-0.39, 0.29) is 18.4 Å². The highest BCUT2D eigenvalue weighted by atomic mass is 16.5. The average molecular weight is 262 g/mol. The molecule has 2 amide bonds. The van der Waals surface area contributed by atoms with Crippen LogP contribution in [0.1, 0.15) is 12.0 Å². The third-order valence-corrected chi connectivity index (χ3v) is 3.10. The molecule has 0 spiro atoms. The normalized spacial score (nSPS) is 15.6. The van der Waals surface area contributed by atoms with E-state index in [1.165, 1.54) is 0 Å². The topological polar surface area (TPSA) is 58.6 Å². The third-order valence-electron chi connectivity index (χ3n) is 3.10. The van der Waals surface area contributed by atoms with E-state index in [1.54, 1.807) is 12.0 Å². The molecule has 1 N–H and O–H groups in total. The van der Waals surface area contributed by atoms with Crippen LogP contribution in [0, 0.1) is 0 Å². The van der Waals surface area contributed by atoms with Gasteiger partial charge in [0, 0.05) is 13.1 Å². The second-order valence-electron chi connectivity index (χ2n) is 4.55. The van der Waals surface area contributed by atoms with Gasteiger partial charge in [-0.3, -0.25) is 9.59 Å². The van der Waals surface area contributed by atoms with Gasteiger partial charge in [-0.25, -0.2) is 0 Å². The fraction of sp³-hybridized carbons (Fsp3) is 0.429. The van der Waals surface area contributed by atoms with Gasteiger partial charge in [0.05, 0.1) is 20.1 Å². The largest absolute Gasteiger partial charge is 0.497 e. The van der Waals surface area contributed by atoms with E-state index >= 15 is 0 Å². The fourth-order valence-corrected chi connectivity index (χ4v) is 2.09. The maximum absolute atomic E-state index is 12.2. The summed E-state index contributed by atoms with van der Waals surface area (Å²) in [5.41, 5.74) is 0.897. The molecule has 0 aromatic heterocycles. The summed E-state index contributed by atoms with van der Waals surface area (Å²) >= 11 is 0. The van der Waals surface area contributed by atoms with Gasteiger partial charge >= 0.3 is 0 Å².